The third-order valence-corrected chi connectivity index (χ3v) is 6.25. The van der Waals surface area contributed by atoms with Gasteiger partial charge in [0.25, 0.3) is 0 Å². The number of aryl methyl sites for hydroxylation is 1. The lowest BCUT2D eigenvalue weighted by molar-refractivity contribution is 0.340. The maximum Gasteiger partial charge on any atom is 0.324 e. The van der Waals surface area contributed by atoms with Crippen molar-refractivity contribution in [1.82, 2.24) is 24.9 Å². The fraction of sp³-hybridized carbons (Fsp3) is 0.524. The van der Waals surface area contributed by atoms with Crippen molar-refractivity contribution >= 4 is 23.6 Å². The number of aromatic nitrogens is 5. The Bertz CT molecular complexity index is 1050. The van der Waals surface area contributed by atoms with E-state index in [0.717, 1.165) is 25.9 Å². The number of anilines is 2. The molecule has 2 aromatic heterocycles. The molecule has 164 valence electrons. The highest BCUT2D eigenvalue weighted by molar-refractivity contribution is 6.30. The molecule has 1 aliphatic carbocycles. The Morgan fingerprint density at radius 2 is 1.97 bits per heavy atom. The van der Waals surface area contributed by atoms with Gasteiger partial charge in [0.05, 0.1) is 6.04 Å². The first-order valence-electron chi connectivity index (χ1n) is 10.7. The van der Waals surface area contributed by atoms with Crippen LogP contribution >= 0.6 is 11.6 Å². The zero-order valence-electron chi connectivity index (χ0n) is 17.8. The zero-order chi connectivity index (χ0) is 21.5. The lowest BCUT2D eigenvalue weighted by Gasteiger charge is -2.37. The van der Waals surface area contributed by atoms with Gasteiger partial charge in [-0.25, -0.2) is 4.68 Å². The number of piperidine rings is 1. The molecule has 0 unspecified atom stereocenters. The number of nitrogens with one attached hydrogen (secondary N) is 1. The minimum atomic E-state index is 0.108. The van der Waals surface area contributed by atoms with Crippen LogP contribution in [0.15, 0.2) is 28.8 Å². The predicted octanol–water partition coefficient (Wildman–Crippen LogP) is 4.32. The molecule has 3 heterocycles. The standard InChI is InChI=1S/C21H26ClN7O2/c1-12(2)29-21(30-17-6-4-5-16(22)9-17)25-19(26-29)24-18-14-7-8-15(18)11-28(10-14)20-23-13(3)27-31-20/h4-6,9,12,14-15,18H,7-8,10-11H2,1-3H3,(H,24,26)/t14-,15+,18-. The molecule has 9 nitrogen and oxygen atoms in total. The SMILES string of the molecule is Cc1noc(N2C[C@H]3CC[C@@H](C2)[C@@H]3Nc2nc(Oc3cccc(Cl)c3)n(C(C)C)n2)n1. The average Bonchev–Trinajstić information content (AvgIpc) is 3.39. The van der Waals surface area contributed by atoms with Crippen LogP contribution in [0.1, 0.15) is 38.6 Å². The van der Waals surface area contributed by atoms with Crippen molar-refractivity contribution in [3.63, 3.8) is 0 Å². The van der Waals surface area contributed by atoms with E-state index in [4.69, 9.17) is 20.9 Å². The molecule has 1 aliphatic heterocycles. The maximum atomic E-state index is 6.09. The van der Waals surface area contributed by atoms with Crippen LogP contribution < -0.4 is 15.0 Å². The molecule has 1 saturated heterocycles. The Hall–Kier alpha value is -2.81. The second-order valence-electron chi connectivity index (χ2n) is 8.61. The van der Waals surface area contributed by atoms with Crippen LogP contribution in [0.2, 0.25) is 5.02 Å². The molecule has 3 atom stereocenters. The van der Waals surface area contributed by atoms with E-state index in [1.807, 2.05) is 25.1 Å². The van der Waals surface area contributed by atoms with Crippen molar-refractivity contribution in [2.75, 3.05) is 23.3 Å². The summed E-state index contributed by atoms with van der Waals surface area (Å²) in [7, 11) is 0. The number of benzene rings is 1. The molecule has 1 N–H and O–H groups in total. The summed E-state index contributed by atoms with van der Waals surface area (Å²) in [5.41, 5.74) is 0. The van der Waals surface area contributed by atoms with Crippen molar-refractivity contribution in [3.05, 3.63) is 35.1 Å². The summed E-state index contributed by atoms with van der Waals surface area (Å²) in [6.07, 6.45) is 2.31. The van der Waals surface area contributed by atoms with Gasteiger partial charge in [-0.15, -0.1) is 5.10 Å². The lowest BCUT2D eigenvalue weighted by Crippen LogP contribution is -2.48. The first-order valence-corrected chi connectivity index (χ1v) is 11.1. The van der Waals surface area contributed by atoms with Crippen LogP contribution in [-0.4, -0.2) is 44.0 Å². The Morgan fingerprint density at radius 1 is 1.19 bits per heavy atom. The maximum absolute atomic E-state index is 6.09. The molecular weight excluding hydrogens is 418 g/mol. The van der Waals surface area contributed by atoms with E-state index in [1.165, 1.54) is 0 Å². The Morgan fingerprint density at radius 3 is 2.61 bits per heavy atom. The molecule has 31 heavy (non-hydrogen) atoms. The molecule has 5 rings (SSSR count). The van der Waals surface area contributed by atoms with E-state index in [2.05, 4.69) is 44.3 Å². The lowest BCUT2D eigenvalue weighted by atomic mass is 9.92. The van der Waals surface area contributed by atoms with E-state index < -0.39 is 0 Å². The minimum Gasteiger partial charge on any atom is -0.424 e. The molecule has 0 spiro atoms. The van der Waals surface area contributed by atoms with Crippen molar-refractivity contribution < 1.29 is 9.26 Å². The quantitative estimate of drug-likeness (QED) is 0.601. The fourth-order valence-corrected chi connectivity index (χ4v) is 4.77. The van der Waals surface area contributed by atoms with E-state index >= 15 is 0 Å². The first kappa shape index (κ1) is 20.1. The van der Waals surface area contributed by atoms with Crippen LogP contribution in [-0.2, 0) is 0 Å². The van der Waals surface area contributed by atoms with Crippen LogP contribution in [0.3, 0.4) is 0 Å². The first-order chi connectivity index (χ1) is 15.0. The fourth-order valence-electron chi connectivity index (χ4n) is 4.59. The normalized spacial score (nSPS) is 22.9. The highest BCUT2D eigenvalue weighted by Gasteiger charge is 2.43. The largest absolute Gasteiger partial charge is 0.424 e. The molecule has 10 heteroatoms. The number of hydrogen-bond donors (Lipinski definition) is 1. The molecule has 1 saturated carbocycles. The molecule has 0 amide bonds. The van der Waals surface area contributed by atoms with Crippen molar-refractivity contribution in [1.29, 1.82) is 0 Å². The van der Waals surface area contributed by atoms with Gasteiger partial charge in [0.15, 0.2) is 5.82 Å². The van der Waals surface area contributed by atoms with Crippen LogP contribution in [0.5, 0.6) is 11.8 Å². The predicted molar refractivity (Wildman–Crippen MR) is 117 cm³/mol. The van der Waals surface area contributed by atoms with Gasteiger partial charge in [-0.2, -0.15) is 9.97 Å². The smallest absolute Gasteiger partial charge is 0.324 e. The third-order valence-electron chi connectivity index (χ3n) is 6.01. The number of hydrogen-bond acceptors (Lipinski definition) is 8. The van der Waals surface area contributed by atoms with Gasteiger partial charge in [-0.1, -0.05) is 22.8 Å². The monoisotopic (exact) mass is 443 g/mol. The number of halogens is 1. The van der Waals surface area contributed by atoms with Gasteiger partial charge >= 0.3 is 12.0 Å². The molecule has 2 bridgehead atoms. The summed E-state index contributed by atoms with van der Waals surface area (Å²) >= 11 is 6.09. The van der Waals surface area contributed by atoms with Crippen LogP contribution in [0, 0.1) is 18.8 Å². The second-order valence-corrected chi connectivity index (χ2v) is 9.05. The van der Waals surface area contributed by atoms with Crippen molar-refractivity contribution in [2.24, 2.45) is 11.8 Å². The highest BCUT2D eigenvalue weighted by Crippen LogP contribution is 2.40. The summed E-state index contributed by atoms with van der Waals surface area (Å²) in [6, 6.07) is 8.77. The number of rotatable bonds is 6. The van der Waals surface area contributed by atoms with E-state index in [1.54, 1.807) is 10.7 Å². The van der Waals surface area contributed by atoms with Crippen molar-refractivity contribution in [2.45, 2.75) is 45.7 Å². The average molecular weight is 444 g/mol. The van der Waals surface area contributed by atoms with Gasteiger partial charge in [-0.05, 0) is 63.6 Å². The van der Waals surface area contributed by atoms with E-state index in [-0.39, 0.29) is 6.04 Å². The zero-order valence-corrected chi connectivity index (χ0v) is 18.6. The van der Waals surface area contributed by atoms with E-state index in [9.17, 15) is 0 Å². The topological polar surface area (TPSA) is 94.1 Å². The minimum absolute atomic E-state index is 0.108. The van der Waals surface area contributed by atoms with Gasteiger partial charge in [0, 0.05) is 24.2 Å². The molecule has 2 aliphatic rings. The van der Waals surface area contributed by atoms with Crippen LogP contribution in [0.25, 0.3) is 0 Å². The highest BCUT2D eigenvalue weighted by atomic mass is 35.5. The summed E-state index contributed by atoms with van der Waals surface area (Å²) < 4.78 is 13.2. The number of fused-ring (bicyclic) bond motifs is 2. The third kappa shape index (κ3) is 4.06. The molecule has 1 aromatic carbocycles. The molecular formula is C21H26ClN7O2. The Labute approximate surface area is 185 Å². The van der Waals surface area contributed by atoms with Crippen LogP contribution in [0.4, 0.5) is 12.0 Å². The van der Waals surface area contributed by atoms with Gasteiger partial charge < -0.3 is 19.5 Å². The molecule has 3 aromatic rings. The molecule has 2 fully saturated rings. The summed E-state index contributed by atoms with van der Waals surface area (Å²) in [6.45, 7) is 7.71. The van der Waals surface area contributed by atoms with Crippen molar-refractivity contribution in [3.8, 4) is 11.8 Å². The van der Waals surface area contributed by atoms with Gasteiger partial charge in [0.1, 0.15) is 5.75 Å². The molecule has 0 radical (unpaired) electrons. The van der Waals surface area contributed by atoms with E-state index in [0.29, 0.717) is 52.4 Å². The van der Waals surface area contributed by atoms with Gasteiger partial charge in [0.2, 0.25) is 5.95 Å². The number of ether oxygens (including phenoxy) is 1. The Balaban J connectivity index is 1.32. The number of nitrogens with zero attached hydrogens (tertiary/aromatic N) is 6. The summed E-state index contributed by atoms with van der Waals surface area (Å²) in [4.78, 5) is 11.2. The summed E-state index contributed by atoms with van der Waals surface area (Å²) in [5.74, 6) is 2.83. The Kier molecular flexibility index (Phi) is 5.21. The summed E-state index contributed by atoms with van der Waals surface area (Å²) in [5, 5.41) is 12.8. The van der Waals surface area contributed by atoms with Gasteiger partial charge in [-0.3, -0.25) is 0 Å². The second kappa shape index (κ2) is 8.03.